The Kier molecular flexibility index (Phi) is 5.40. The molecule has 4 heteroatoms. The molecule has 108 valence electrons. The number of rotatable bonds is 6. The molecule has 3 nitrogen and oxygen atoms in total. The van der Waals surface area contributed by atoms with Gasteiger partial charge in [0.15, 0.2) is 0 Å². The highest BCUT2D eigenvalue weighted by molar-refractivity contribution is 9.10. The molecule has 0 saturated carbocycles. The third kappa shape index (κ3) is 3.95. The van der Waals surface area contributed by atoms with Crippen LogP contribution in [0.15, 0.2) is 53.0 Å². The van der Waals surface area contributed by atoms with Crippen LogP contribution in [0, 0.1) is 0 Å². The Bertz CT molecular complexity index is 482. The number of aliphatic hydroxyl groups excluding tert-OH is 1. The fourth-order valence-corrected chi connectivity index (χ4v) is 2.22. The van der Waals surface area contributed by atoms with Crippen molar-refractivity contribution < 1.29 is 14.6 Å². The fraction of sp³-hybridized carbons (Fsp3) is 0.375. The maximum absolute atomic E-state index is 9.54. The third-order valence-electron chi connectivity index (χ3n) is 2.98. The molecule has 2 rings (SSSR count). The van der Waals surface area contributed by atoms with Crippen LogP contribution in [0.2, 0.25) is 0 Å². The predicted octanol–water partition coefficient (Wildman–Crippen LogP) is 3.83. The first-order valence-electron chi connectivity index (χ1n) is 6.79. The number of hydrogen-bond acceptors (Lipinski definition) is 3. The van der Waals surface area contributed by atoms with Crippen molar-refractivity contribution in [2.45, 2.75) is 31.7 Å². The van der Waals surface area contributed by atoms with E-state index in [1.54, 1.807) is 24.3 Å². The van der Waals surface area contributed by atoms with Crippen LogP contribution < -0.4 is 4.74 Å². The largest absolute Gasteiger partial charge is 0.454 e. The van der Waals surface area contributed by atoms with Gasteiger partial charge in [-0.05, 0) is 58.8 Å². The van der Waals surface area contributed by atoms with E-state index in [0.717, 1.165) is 17.3 Å². The number of ether oxygens (including phenoxy) is 2. The van der Waals surface area contributed by atoms with E-state index in [-0.39, 0.29) is 0 Å². The molecule has 20 heavy (non-hydrogen) atoms. The van der Waals surface area contributed by atoms with Crippen LogP contribution in [0.1, 0.15) is 19.8 Å². The van der Waals surface area contributed by atoms with Gasteiger partial charge in [-0.15, -0.1) is 0 Å². The standard InChI is InChI=1S/C16H19BrO3/c1-2-3-12-19-16(10-8-13(18)9-11-16)20-15-7-5-4-6-14(15)17/h4-11,13,18H,2-3,12H2,1H3. The summed E-state index contributed by atoms with van der Waals surface area (Å²) in [6.45, 7) is 2.71. The van der Waals surface area contributed by atoms with Crippen LogP contribution in [0.25, 0.3) is 0 Å². The van der Waals surface area contributed by atoms with Gasteiger partial charge in [-0.1, -0.05) is 25.5 Å². The lowest BCUT2D eigenvalue weighted by Crippen LogP contribution is -2.37. The normalized spacial score (nSPS) is 24.9. The topological polar surface area (TPSA) is 38.7 Å². The molecule has 0 saturated heterocycles. The Morgan fingerprint density at radius 1 is 1.25 bits per heavy atom. The summed E-state index contributed by atoms with van der Waals surface area (Å²) in [5, 5.41) is 9.54. The first kappa shape index (κ1) is 15.3. The van der Waals surface area contributed by atoms with Gasteiger partial charge in [-0.3, -0.25) is 0 Å². The molecule has 0 amide bonds. The van der Waals surface area contributed by atoms with Crippen LogP contribution in [-0.4, -0.2) is 23.6 Å². The molecule has 1 aromatic rings. The molecule has 1 aliphatic carbocycles. The van der Waals surface area contributed by atoms with Crippen LogP contribution in [0.3, 0.4) is 0 Å². The van der Waals surface area contributed by atoms with E-state index in [4.69, 9.17) is 9.47 Å². The van der Waals surface area contributed by atoms with Gasteiger partial charge in [0.25, 0.3) is 5.79 Å². The molecule has 0 unspecified atom stereocenters. The SMILES string of the molecule is CCCCOC1(Oc2ccccc2Br)C=CC(O)C=C1. The molecule has 0 atom stereocenters. The molecule has 1 N–H and O–H groups in total. The van der Waals surface area contributed by atoms with Crippen molar-refractivity contribution in [1.82, 2.24) is 0 Å². The quantitative estimate of drug-likeness (QED) is 0.486. The van der Waals surface area contributed by atoms with Crippen molar-refractivity contribution in [2.24, 2.45) is 0 Å². The predicted molar refractivity (Wildman–Crippen MR) is 82.6 cm³/mol. The number of unbranched alkanes of at least 4 members (excludes halogenated alkanes) is 1. The number of para-hydroxylation sites is 1. The lowest BCUT2D eigenvalue weighted by molar-refractivity contribution is -0.113. The molecule has 0 aliphatic heterocycles. The van der Waals surface area contributed by atoms with Crippen LogP contribution in [-0.2, 0) is 4.74 Å². The summed E-state index contributed by atoms with van der Waals surface area (Å²) in [5.41, 5.74) is 0. The van der Waals surface area contributed by atoms with Gasteiger partial charge in [0.05, 0.1) is 17.2 Å². The highest BCUT2D eigenvalue weighted by atomic mass is 79.9. The Balaban J connectivity index is 2.17. The molecule has 0 heterocycles. The Morgan fingerprint density at radius 2 is 1.95 bits per heavy atom. The van der Waals surface area contributed by atoms with E-state index in [9.17, 15) is 5.11 Å². The van der Waals surface area contributed by atoms with Crippen LogP contribution in [0.5, 0.6) is 5.75 Å². The first-order chi connectivity index (χ1) is 9.65. The van der Waals surface area contributed by atoms with Crippen LogP contribution in [0.4, 0.5) is 0 Å². The molecule has 1 aliphatic rings. The molecule has 0 spiro atoms. The summed E-state index contributed by atoms with van der Waals surface area (Å²) in [6, 6.07) is 7.63. The zero-order valence-electron chi connectivity index (χ0n) is 11.5. The minimum absolute atomic E-state index is 0.583. The fourth-order valence-electron chi connectivity index (χ4n) is 1.85. The zero-order valence-corrected chi connectivity index (χ0v) is 13.0. The average molecular weight is 339 g/mol. The number of aliphatic hydroxyl groups is 1. The monoisotopic (exact) mass is 338 g/mol. The van der Waals surface area contributed by atoms with E-state index in [1.807, 2.05) is 24.3 Å². The molecule has 0 fully saturated rings. The second-order valence-electron chi connectivity index (χ2n) is 4.66. The lowest BCUT2D eigenvalue weighted by Gasteiger charge is -2.31. The van der Waals surface area contributed by atoms with Gasteiger partial charge < -0.3 is 14.6 Å². The second kappa shape index (κ2) is 7.07. The lowest BCUT2D eigenvalue weighted by atomic mass is 10.1. The van der Waals surface area contributed by atoms with E-state index < -0.39 is 11.9 Å². The van der Waals surface area contributed by atoms with Crippen molar-refractivity contribution in [2.75, 3.05) is 6.61 Å². The van der Waals surface area contributed by atoms with Gasteiger partial charge in [-0.2, -0.15) is 0 Å². The van der Waals surface area contributed by atoms with E-state index in [1.165, 1.54) is 0 Å². The van der Waals surface area contributed by atoms with E-state index in [0.29, 0.717) is 12.4 Å². The molecular weight excluding hydrogens is 320 g/mol. The Morgan fingerprint density at radius 3 is 2.60 bits per heavy atom. The summed E-state index contributed by atoms with van der Waals surface area (Å²) >= 11 is 3.46. The summed E-state index contributed by atoms with van der Waals surface area (Å²) in [4.78, 5) is 0. The smallest absolute Gasteiger partial charge is 0.250 e. The minimum Gasteiger partial charge on any atom is -0.454 e. The van der Waals surface area contributed by atoms with Gasteiger partial charge in [0.1, 0.15) is 5.75 Å². The second-order valence-corrected chi connectivity index (χ2v) is 5.52. The minimum atomic E-state index is -0.946. The van der Waals surface area contributed by atoms with Gasteiger partial charge in [0, 0.05) is 0 Å². The van der Waals surface area contributed by atoms with Crippen molar-refractivity contribution in [3.8, 4) is 5.75 Å². The zero-order chi connectivity index (χ0) is 14.4. The molecule has 0 radical (unpaired) electrons. The van der Waals surface area contributed by atoms with Gasteiger partial charge >= 0.3 is 0 Å². The number of halogens is 1. The van der Waals surface area contributed by atoms with Crippen molar-refractivity contribution >= 4 is 15.9 Å². The molecule has 0 aromatic heterocycles. The average Bonchev–Trinajstić information content (AvgIpc) is 2.45. The Hall–Kier alpha value is -1.10. The molecular formula is C16H19BrO3. The van der Waals surface area contributed by atoms with Crippen molar-refractivity contribution in [1.29, 1.82) is 0 Å². The number of hydrogen-bond donors (Lipinski definition) is 1. The van der Waals surface area contributed by atoms with Gasteiger partial charge in [0.2, 0.25) is 0 Å². The maximum atomic E-state index is 9.54. The van der Waals surface area contributed by atoms with Crippen molar-refractivity contribution in [3.63, 3.8) is 0 Å². The maximum Gasteiger partial charge on any atom is 0.250 e. The van der Waals surface area contributed by atoms with Crippen molar-refractivity contribution in [3.05, 3.63) is 53.0 Å². The Labute approximate surface area is 128 Å². The van der Waals surface area contributed by atoms with E-state index >= 15 is 0 Å². The summed E-state index contributed by atoms with van der Waals surface area (Å²) in [5.74, 6) is -0.243. The molecule has 0 bridgehead atoms. The number of benzene rings is 1. The summed E-state index contributed by atoms with van der Waals surface area (Å²) in [6.07, 6.45) is 8.29. The summed E-state index contributed by atoms with van der Waals surface area (Å²) in [7, 11) is 0. The van der Waals surface area contributed by atoms with E-state index in [2.05, 4.69) is 22.9 Å². The molecule has 1 aromatic carbocycles. The first-order valence-corrected chi connectivity index (χ1v) is 7.59. The van der Waals surface area contributed by atoms with Crippen LogP contribution >= 0.6 is 15.9 Å². The highest BCUT2D eigenvalue weighted by Gasteiger charge is 2.30. The highest BCUT2D eigenvalue weighted by Crippen LogP contribution is 2.31. The summed E-state index contributed by atoms with van der Waals surface area (Å²) < 4.78 is 12.8. The van der Waals surface area contributed by atoms with Gasteiger partial charge in [-0.25, -0.2) is 0 Å². The third-order valence-corrected chi connectivity index (χ3v) is 3.64.